The van der Waals surface area contributed by atoms with Gasteiger partial charge in [-0.3, -0.25) is 4.79 Å². The smallest absolute Gasteiger partial charge is 0.224 e. The number of rotatable bonds is 6. The number of anilines is 1. The van der Waals surface area contributed by atoms with Crippen LogP contribution in [0.25, 0.3) is 0 Å². The molecule has 21 heavy (non-hydrogen) atoms. The average Bonchev–Trinajstić information content (AvgIpc) is 2.75. The SMILES string of the molecule is NCCOc1cccc(NC(=O)CC2CCS(=O)(=O)C2)c1. The van der Waals surface area contributed by atoms with Crippen LogP contribution in [0.4, 0.5) is 5.69 Å². The van der Waals surface area contributed by atoms with Gasteiger partial charge in [0, 0.05) is 24.7 Å². The fourth-order valence-corrected chi connectivity index (χ4v) is 4.21. The predicted octanol–water partition coefficient (Wildman–Crippen LogP) is 0.787. The summed E-state index contributed by atoms with van der Waals surface area (Å²) in [5, 5.41) is 2.77. The standard InChI is InChI=1S/C14H20N2O4S/c15-5-6-20-13-3-1-2-12(9-13)16-14(17)8-11-4-7-21(18,19)10-11/h1-3,9,11H,4-8,10,15H2,(H,16,17). The van der Waals surface area contributed by atoms with E-state index >= 15 is 0 Å². The number of carbonyl (C=O) groups is 1. The van der Waals surface area contributed by atoms with Crippen LogP contribution in [0.1, 0.15) is 12.8 Å². The van der Waals surface area contributed by atoms with Gasteiger partial charge in [0.25, 0.3) is 0 Å². The van der Waals surface area contributed by atoms with E-state index in [0.717, 1.165) is 0 Å². The quantitative estimate of drug-likeness (QED) is 0.809. The van der Waals surface area contributed by atoms with Gasteiger partial charge in [-0.15, -0.1) is 0 Å². The van der Waals surface area contributed by atoms with Crippen LogP contribution < -0.4 is 15.8 Å². The monoisotopic (exact) mass is 312 g/mol. The van der Waals surface area contributed by atoms with Crippen molar-refractivity contribution in [2.75, 3.05) is 30.0 Å². The van der Waals surface area contributed by atoms with E-state index in [1.54, 1.807) is 24.3 Å². The topological polar surface area (TPSA) is 98.5 Å². The van der Waals surface area contributed by atoms with E-state index in [0.29, 0.717) is 31.0 Å². The fraction of sp³-hybridized carbons (Fsp3) is 0.500. The summed E-state index contributed by atoms with van der Waals surface area (Å²) < 4.78 is 28.1. The number of hydrogen-bond acceptors (Lipinski definition) is 5. The molecule has 0 spiro atoms. The van der Waals surface area contributed by atoms with Crippen molar-refractivity contribution in [3.63, 3.8) is 0 Å². The number of benzene rings is 1. The third-order valence-corrected chi connectivity index (χ3v) is 5.14. The van der Waals surface area contributed by atoms with Gasteiger partial charge in [-0.05, 0) is 24.5 Å². The van der Waals surface area contributed by atoms with E-state index in [1.165, 1.54) is 0 Å². The Morgan fingerprint density at radius 3 is 2.90 bits per heavy atom. The molecule has 1 aromatic carbocycles. The number of amides is 1. The van der Waals surface area contributed by atoms with Crippen molar-refractivity contribution in [1.82, 2.24) is 0 Å². The minimum absolute atomic E-state index is 0.0772. The van der Waals surface area contributed by atoms with E-state index in [9.17, 15) is 13.2 Å². The molecule has 116 valence electrons. The first kappa shape index (κ1) is 15.8. The molecular formula is C14H20N2O4S. The van der Waals surface area contributed by atoms with Crippen LogP contribution in [0.5, 0.6) is 5.75 Å². The molecule has 1 heterocycles. The van der Waals surface area contributed by atoms with E-state index < -0.39 is 9.84 Å². The van der Waals surface area contributed by atoms with Crippen LogP contribution in [0.2, 0.25) is 0 Å². The maximum atomic E-state index is 11.9. The largest absolute Gasteiger partial charge is 0.492 e. The summed E-state index contributed by atoms with van der Waals surface area (Å²) in [6.45, 7) is 0.837. The number of carbonyl (C=O) groups excluding carboxylic acids is 1. The molecule has 0 radical (unpaired) electrons. The summed E-state index contributed by atoms with van der Waals surface area (Å²) in [4.78, 5) is 11.9. The number of hydrogen-bond donors (Lipinski definition) is 2. The zero-order chi connectivity index (χ0) is 15.3. The van der Waals surface area contributed by atoms with Crippen molar-refractivity contribution in [2.24, 2.45) is 11.7 Å². The Kier molecular flexibility index (Phi) is 5.19. The molecule has 1 aromatic rings. The molecule has 1 atom stereocenters. The summed E-state index contributed by atoms with van der Waals surface area (Å²) in [6.07, 6.45) is 0.794. The van der Waals surface area contributed by atoms with Gasteiger partial charge < -0.3 is 15.8 Å². The lowest BCUT2D eigenvalue weighted by atomic mass is 10.1. The Balaban J connectivity index is 1.88. The zero-order valence-corrected chi connectivity index (χ0v) is 12.6. The Morgan fingerprint density at radius 2 is 2.24 bits per heavy atom. The van der Waals surface area contributed by atoms with Gasteiger partial charge in [-0.2, -0.15) is 0 Å². The van der Waals surface area contributed by atoms with E-state index in [-0.39, 0.29) is 29.8 Å². The molecule has 1 aliphatic heterocycles. The molecule has 7 heteroatoms. The summed E-state index contributed by atoms with van der Waals surface area (Å²) in [7, 11) is -2.94. The molecule has 1 unspecified atom stereocenters. The number of sulfone groups is 1. The highest BCUT2D eigenvalue weighted by atomic mass is 32.2. The molecule has 0 aromatic heterocycles. The normalized spacial score (nSPS) is 20.1. The third kappa shape index (κ3) is 5.02. The highest BCUT2D eigenvalue weighted by Gasteiger charge is 2.29. The molecule has 3 N–H and O–H groups in total. The summed E-state index contributed by atoms with van der Waals surface area (Å²) in [6, 6.07) is 7.05. The first-order chi connectivity index (χ1) is 9.98. The molecule has 0 saturated carbocycles. The van der Waals surface area contributed by atoms with Crippen molar-refractivity contribution in [3.8, 4) is 5.75 Å². The Morgan fingerprint density at radius 1 is 1.43 bits per heavy atom. The second kappa shape index (κ2) is 6.91. The minimum Gasteiger partial charge on any atom is -0.492 e. The average molecular weight is 312 g/mol. The van der Waals surface area contributed by atoms with Gasteiger partial charge in [-0.1, -0.05) is 6.07 Å². The van der Waals surface area contributed by atoms with Crippen LogP contribution in [0.3, 0.4) is 0 Å². The molecule has 6 nitrogen and oxygen atoms in total. The van der Waals surface area contributed by atoms with Crippen LogP contribution in [-0.2, 0) is 14.6 Å². The lowest BCUT2D eigenvalue weighted by Crippen LogP contribution is -2.17. The van der Waals surface area contributed by atoms with E-state index in [1.807, 2.05) is 0 Å². The van der Waals surface area contributed by atoms with Crippen molar-refractivity contribution >= 4 is 21.4 Å². The fourth-order valence-electron chi connectivity index (χ4n) is 2.35. The Labute approximate surface area is 124 Å². The highest BCUT2D eigenvalue weighted by Crippen LogP contribution is 2.23. The molecule has 1 aliphatic rings. The van der Waals surface area contributed by atoms with Crippen molar-refractivity contribution in [2.45, 2.75) is 12.8 Å². The van der Waals surface area contributed by atoms with Crippen LogP contribution in [-0.4, -0.2) is 39.0 Å². The highest BCUT2D eigenvalue weighted by molar-refractivity contribution is 7.91. The van der Waals surface area contributed by atoms with E-state index in [2.05, 4.69) is 5.32 Å². The third-order valence-electron chi connectivity index (χ3n) is 3.31. The maximum Gasteiger partial charge on any atom is 0.224 e. The molecule has 1 fully saturated rings. The Hall–Kier alpha value is -1.60. The van der Waals surface area contributed by atoms with Gasteiger partial charge in [0.1, 0.15) is 12.4 Å². The first-order valence-electron chi connectivity index (χ1n) is 6.92. The van der Waals surface area contributed by atoms with Gasteiger partial charge in [0.15, 0.2) is 9.84 Å². The molecule has 1 amide bonds. The van der Waals surface area contributed by atoms with Crippen LogP contribution >= 0.6 is 0 Å². The number of nitrogens with two attached hydrogens (primary N) is 1. The van der Waals surface area contributed by atoms with Crippen molar-refractivity contribution in [1.29, 1.82) is 0 Å². The van der Waals surface area contributed by atoms with Crippen molar-refractivity contribution in [3.05, 3.63) is 24.3 Å². The lowest BCUT2D eigenvalue weighted by molar-refractivity contribution is -0.116. The second-order valence-electron chi connectivity index (χ2n) is 5.19. The summed E-state index contributed by atoms with van der Waals surface area (Å²) >= 11 is 0. The predicted molar refractivity (Wildman–Crippen MR) is 81.0 cm³/mol. The van der Waals surface area contributed by atoms with Gasteiger partial charge >= 0.3 is 0 Å². The first-order valence-corrected chi connectivity index (χ1v) is 8.74. The lowest BCUT2D eigenvalue weighted by Gasteiger charge is -2.10. The summed E-state index contributed by atoms with van der Waals surface area (Å²) in [5.74, 6) is 0.689. The van der Waals surface area contributed by atoms with Crippen LogP contribution in [0, 0.1) is 5.92 Å². The molecule has 1 saturated heterocycles. The molecule has 0 aliphatic carbocycles. The second-order valence-corrected chi connectivity index (χ2v) is 7.42. The van der Waals surface area contributed by atoms with Gasteiger partial charge in [-0.25, -0.2) is 8.42 Å². The minimum atomic E-state index is -2.94. The number of ether oxygens (including phenoxy) is 1. The molecule has 0 bridgehead atoms. The van der Waals surface area contributed by atoms with E-state index in [4.69, 9.17) is 10.5 Å². The van der Waals surface area contributed by atoms with Gasteiger partial charge in [0.05, 0.1) is 11.5 Å². The van der Waals surface area contributed by atoms with Crippen LogP contribution in [0.15, 0.2) is 24.3 Å². The zero-order valence-electron chi connectivity index (χ0n) is 11.7. The van der Waals surface area contributed by atoms with Gasteiger partial charge in [0.2, 0.25) is 5.91 Å². The molecular weight excluding hydrogens is 292 g/mol. The Bertz CT molecular complexity index is 601. The number of nitrogens with one attached hydrogen (secondary N) is 1. The summed E-state index contributed by atoms with van der Waals surface area (Å²) in [5.41, 5.74) is 6.00. The maximum absolute atomic E-state index is 11.9. The molecule has 2 rings (SSSR count). The van der Waals surface area contributed by atoms with Crippen molar-refractivity contribution < 1.29 is 17.9 Å².